The molecule has 3 N–H and O–H groups in total. The Balaban J connectivity index is 1.96. The van der Waals surface area contributed by atoms with Crippen molar-refractivity contribution in [1.29, 1.82) is 0 Å². The van der Waals surface area contributed by atoms with E-state index in [4.69, 9.17) is 5.73 Å². The third-order valence-corrected chi connectivity index (χ3v) is 2.84. The second-order valence-corrected chi connectivity index (χ2v) is 4.79. The summed E-state index contributed by atoms with van der Waals surface area (Å²) >= 11 is 0. The highest BCUT2D eigenvalue weighted by Gasteiger charge is 2.00. The van der Waals surface area contributed by atoms with Gasteiger partial charge in [-0.05, 0) is 35.9 Å². The van der Waals surface area contributed by atoms with Crippen molar-refractivity contribution in [3.8, 4) is 0 Å². The maximum absolute atomic E-state index is 11.8. The van der Waals surface area contributed by atoms with Crippen LogP contribution in [0.4, 0.5) is 17.2 Å². The van der Waals surface area contributed by atoms with Crippen LogP contribution in [-0.2, 0) is 4.79 Å². The van der Waals surface area contributed by atoms with E-state index in [9.17, 15) is 4.79 Å². The summed E-state index contributed by atoms with van der Waals surface area (Å²) in [5.74, 6) is 0.636. The summed E-state index contributed by atoms with van der Waals surface area (Å²) in [6, 6.07) is 11.0. The first kappa shape index (κ1) is 14.6. The third kappa shape index (κ3) is 4.35. The molecule has 1 amide bonds. The summed E-state index contributed by atoms with van der Waals surface area (Å²) in [5, 5.41) is 2.76. The van der Waals surface area contributed by atoms with Gasteiger partial charge in [0.1, 0.15) is 5.82 Å². The zero-order valence-electron chi connectivity index (χ0n) is 12.1. The van der Waals surface area contributed by atoms with Crippen molar-refractivity contribution in [1.82, 2.24) is 4.98 Å². The number of pyridine rings is 1. The Bertz CT molecular complexity index is 630. The third-order valence-electron chi connectivity index (χ3n) is 2.84. The lowest BCUT2D eigenvalue weighted by Crippen LogP contribution is -2.12. The number of carbonyl (C=O) groups is 1. The Hall–Kier alpha value is -2.82. The summed E-state index contributed by atoms with van der Waals surface area (Å²) in [5.41, 5.74) is 7.88. The maximum atomic E-state index is 11.8. The second-order valence-electron chi connectivity index (χ2n) is 4.79. The number of nitrogens with one attached hydrogen (secondary N) is 1. The Kier molecular flexibility index (Phi) is 4.56. The fourth-order valence-corrected chi connectivity index (χ4v) is 1.69. The summed E-state index contributed by atoms with van der Waals surface area (Å²) in [6.07, 6.45) is 4.84. The van der Waals surface area contributed by atoms with Crippen molar-refractivity contribution in [2.75, 3.05) is 30.0 Å². The van der Waals surface area contributed by atoms with Gasteiger partial charge >= 0.3 is 0 Å². The molecule has 2 aromatic rings. The standard InChI is InChI=1S/C16H18N4O/c1-20(2)15-9-8-14(11-18-15)19-16(21)10-5-12-3-6-13(17)7-4-12/h3-11H,17H2,1-2H3,(H,19,21)/b10-5+. The number of rotatable bonds is 4. The Morgan fingerprint density at radius 2 is 1.90 bits per heavy atom. The summed E-state index contributed by atoms with van der Waals surface area (Å²) in [7, 11) is 3.83. The van der Waals surface area contributed by atoms with Crippen molar-refractivity contribution in [2.45, 2.75) is 0 Å². The van der Waals surface area contributed by atoms with E-state index in [0.29, 0.717) is 11.4 Å². The number of hydrogen-bond donors (Lipinski definition) is 2. The number of hydrogen-bond acceptors (Lipinski definition) is 4. The summed E-state index contributed by atoms with van der Waals surface area (Å²) in [4.78, 5) is 17.9. The smallest absolute Gasteiger partial charge is 0.248 e. The van der Waals surface area contributed by atoms with Crippen LogP contribution in [0.15, 0.2) is 48.7 Å². The van der Waals surface area contributed by atoms with Crippen LogP contribution in [0.25, 0.3) is 6.08 Å². The topological polar surface area (TPSA) is 71.2 Å². The van der Waals surface area contributed by atoms with E-state index in [1.807, 2.05) is 43.3 Å². The zero-order chi connectivity index (χ0) is 15.2. The normalized spacial score (nSPS) is 10.6. The van der Waals surface area contributed by atoms with E-state index in [2.05, 4.69) is 10.3 Å². The highest BCUT2D eigenvalue weighted by atomic mass is 16.1. The van der Waals surface area contributed by atoms with Gasteiger partial charge in [0.15, 0.2) is 0 Å². The average molecular weight is 282 g/mol. The van der Waals surface area contributed by atoms with Gasteiger partial charge in [0.2, 0.25) is 5.91 Å². The van der Waals surface area contributed by atoms with Gasteiger partial charge in [-0.15, -0.1) is 0 Å². The Morgan fingerprint density at radius 1 is 1.19 bits per heavy atom. The number of aromatic nitrogens is 1. The molecule has 0 aliphatic carbocycles. The lowest BCUT2D eigenvalue weighted by atomic mass is 10.2. The molecule has 0 spiro atoms. The Labute approximate surface area is 124 Å². The minimum absolute atomic E-state index is 0.203. The first-order valence-electron chi connectivity index (χ1n) is 6.52. The van der Waals surface area contributed by atoms with Crippen molar-refractivity contribution in [3.63, 3.8) is 0 Å². The molecule has 5 heteroatoms. The fourth-order valence-electron chi connectivity index (χ4n) is 1.69. The molecule has 0 aliphatic heterocycles. The van der Waals surface area contributed by atoms with Gasteiger partial charge in [0.05, 0.1) is 11.9 Å². The molecule has 5 nitrogen and oxygen atoms in total. The van der Waals surface area contributed by atoms with Crippen LogP contribution in [0.3, 0.4) is 0 Å². The van der Waals surface area contributed by atoms with Crippen LogP contribution >= 0.6 is 0 Å². The average Bonchev–Trinajstić information content (AvgIpc) is 2.47. The van der Waals surface area contributed by atoms with Gasteiger partial charge in [-0.3, -0.25) is 4.79 Å². The highest BCUT2D eigenvalue weighted by molar-refractivity contribution is 6.01. The number of amides is 1. The van der Waals surface area contributed by atoms with Gasteiger partial charge in [0, 0.05) is 25.9 Å². The second kappa shape index (κ2) is 6.56. The van der Waals surface area contributed by atoms with E-state index in [-0.39, 0.29) is 5.91 Å². The monoisotopic (exact) mass is 282 g/mol. The number of nitrogens with two attached hydrogens (primary N) is 1. The molecule has 0 saturated heterocycles. The molecule has 0 aliphatic rings. The van der Waals surface area contributed by atoms with E-state index in [1.165, 1.54) is 6.08 Å². The van der Waals surface area contributed by atoms with Gasteiger partial charge < -0.3 is 16.0 Å². The lowest BCUT2D eigenvalue weighted by Gasteiger charge is -2.11. The van der Waals surface area contributed by atoms with Gasteiger partial charge in [-0.25, -0.2) is 4.98 Å². The quantitative estimate of drug-likeness (QED) is 0.667. The van der Waals surface area contributed by atoms with Gasteiger partial charge in [-0.1, -0.05) is 12.1 Å². The molecule has 1 aromatic carbocycles. The molecule has 0 atom stereocenters. The lowest BCUT2D eigenvalue weighted by molar-refractivity contribution is -0.111. The largest absolute Gasteiger partial charge is 0.399 e. The first-order chi connectivity index (χ1) is 10.0. The molecule has 1 heterocycles. The SMILES string of the molecule is CN(C)c1ccc(NC(=O)/C=C/c2ccc(N)cc2)cn1. The Morgan fingerprint density at radius 3 is 2.48 bits per heavy atom. The molecule has 1 aromatic heterocycles. The van der Waals surface area contributed by atoms with Gasteiger partial charge in [0.25, 0.3) is 0 Å². The molecule has 0 unspecified atom stereocenters. The molecular formula is C16H18N4O. The number of benzene rings is 1. The molecular weight excluding hydrogens is 264 g/mol. The van der Waals surface area contributed by atoms with E-state index in [0.717, 1.165) is 11.4 Å². The highest BCUT2D eigenvalue weighted by Crippen LogP contribution is 2.12. The van der Waals surface area contributed by atoms with Crippen LogP contribution < -0.4 is 16.0 Å². The molecule has 2 rings (SSSR count). The predicted octanol–water partition coefficient (Wildman–Crippen LogP) is 2.38. The fraction of sp³-hybridized carbons (Fsp3) is 0.125. The molecule has 108 valence electrons. The molecule has 0 fully saturated rings. The predicted molar refractivity (Wildman–Crippen MR) is 87.1 cm³/mol. The molecule has 0 bridgehead atoms. The van der Waals surface area contributed by atoms with E-state index < -0.39 is 0 Å². The number of nitrogen functional groups attached to an aromatic ring is 1. The van der Waals surface area contributed by atoms with Crippen LogP contribution in [-0.4, -0.2) is 25.0 Å². The number of anilines is 3. The van der Waals surface area contributed by atoms with Crippen LogP contribution in [0.1, 0.15) is 5.56 Å². The minimum atomic E-state index is -0.203. The molecule has 21 heavy (non-hydrogen) atoms. The van der Waals surface area contributed by atoms with Crippen molar-refractivity contribution in [2.24, 2.45) is 0 Å². The molecule has 0 radical (unpaired) electrons. The van der Waals surface area contributed by atoms with E-state index >= 15 is 0 Å². The van der Waals surface area contributed by atoms with Gasteiger partial charge in [-0.2, -0.15) is 0 Å². The first-order valence-corrected chi connectivity index (χ1v) is 6.52. The number of nitrogens with zero attached hydrogens (tertiary/aromatic N) is 2. The zero-order valence-corrected chi connectivity index (χ0v) is 12.1. The minimum Gasteiger partial charge on any atom is -0.399 e. The van der Waals surface area contributed by atoms with Crippen molar-refractivity contribution < 1.29 is 4.79 Å². The van der Waals surface area contributed by atoms with Crippen LogP contribution in [0, 0.1) is 0 Å². The van der Waals surface area contributed by atoms with Crippen LogP contribution in [0.5, 0.6) is 0 Å². The van der Waals surface area contributed by atoms with Crippen LogP contribution in [0.2, 0.25) is 0 Å². The molecule has 0 saturated carbocycles. The van der Waals surface area contributed by atoms with E-state index in [1.54, 1.807) is 24.4 Å². The summed E-state index contributed by atoms with van der Waals surface area (Å²) < 4.78 is 0. The summed E-state index contributed by atoms with van der Waals surface area (Å²) in [6.45, 7) is 0. The van der Waals surface area contributed by atoms with Crippen molar-refractivity contribution in [3.05, 3.63) is 54.2 Å². The van der Waals surface area contributed by atoms with Crippen molar-refractivity contribution >= 4 is 29.2 Å². The maximum Gasteiger partial charge on any atom is 0.248 e. The number of carbonyl (C=O) groups excluding carboxylic acids is 1.